The molecule has 3 heteroatoms. The normalized spacial score (nSPS) is 25.6. The Balaban J connectivity index is 1.42. The molecule has 1 saturated carbocycles. The van der Waals surface area contributed by atoms with Crippen LogP contribution in [0.3, 0.4) is 0 Å². The fourth-order valence-corrected chi connectivity index (χ4v) is 6.60. The van der Waals surface area contributed by atoms with Gasteiger partial charge in [-0.15, -0.1) is 0 Å². The van der Waals surface area contributed by atoms with Gasteiger partial charge in [0.1, 0.15) is 12.4 Å². The van der Waals surface area contributed by atoms with Crippen LogP contribution in [0.5, 0.6) is 5.75 Å². The molecule has 2 aromatic carbocycles. The van der Waals surface area contributed by atoms with Crippen molar-refractivity contribution in [3.8, 4) is 5.75 Å². The lowest BCUT2D eigenvalue weighted by molar-refractivity contribution is -0.0616. The van der Waals surface area contributed by atoms with Crippen LogP contribution in [-0.2, 0) is 24.9 Å². The Morgan fingerprint density at radius 1 is 1.00 bits per heavy atom. The Bertz CT molecular complexity index is 1150. The van der Waals surface area contributed by atoms with Crippen LogP contribution in [-0.4, -0.2) is 15.7 Å². The van der Waals surface area contributed by atoms with Gasteiger partial charge in [-0.2, -0.15) is 0 Å². The number of ether oxygens (including phenoxy) is 1. The number of aryl methyl sites for hydroxylation is 1. The molecule has 0 unspecified atom stereocenters. The summed E-state index contributed by atoms with van der Waals surface area (Å²) >= 11 is 0. The number of benzene rings is 2. The van der Waals surface area contributed by atoms with Crippen LogP contribution in [0.25, 0.3) is 0 Å². The van der Waals surface area contributed by atoms with E-state index in [1.54, 1.807) is 6.20 Å². The molecule has 3 nitrogen and oxygen atoms in total. The van der Waals surface area contributed by atoms with Crippen LogP contribution in [0.1, 0.15) is 81.5 Å². The Hall–Kier alpha value is -2.65. The molecular formula is C33H41NO2. The highest BCUT2D eigenvalue weighted by Crippen LogP contribution is 2.55. The Morgan fingerprint density at radius 3 is 2.56 bits per heavy atom. The van der Waals surface area contributed by atoms with Gasteiger partial charge in [-0.25, -0.2) is 0 Å². The fourth-order valence-electron chi connectivity index (χ4n) is 6.60. The number of aliphatic hydroxyl groups is 1. The number of hydrogen-bond donors (Lipinski definition) is 1. The second-order valence-corrected chi connectivity index (χ2v) is 12.5. The predicted molar refractivity (Wildman–Crippen MR) is 146 cm³/mol. The number of nitrogens with zero attached hydrogens (tertiary/aromatic N) is 1. The zero-order valence-electron chi connectivity index (χ0n) is 22.2. The van der Waals surface area contributed by atoms with E-state index in [1.165, 1.54) is 16.7 Å². The summed E-state index contributed by atoms with van der Waals surface area (Å²) in [6, 6.07) is 21.7. The number of pyridine rings is 1. The third-order valence-electron chi connectivity index (χ3n) is 8.65. The van der Waals surface area contributed by atoms with Gasteiger partial charge in [0, 0.05) is 23.4 Å². The summed E-state index contributed by atoms with van der Waals surface area (Å²) in [5, 5.41) is 11.7. The maximum atomic E-state index is 11.7. The molecule has 1 heterocycles. The minimum atomic E-state index is -0.539. The highest BCUT2D eigenvalue weighted by atomic mass is 16.5. The van der Waals surface area contributed by atoms with E-state index >= 15 is 0 Å². The first kappa shape index (κ1) is 25.0. The first-order valence-corrected chi connectivity index (χ1v) is 13.7. The Labute approximate surface area is 217 Å². The lowest BCUT2D eigenvalue weighted by Gasteiger charge is -2.54. The van der Waals surface area contributed by atoms with Crippen molar-refractivity contribution in [2.45, 2.75) is 89.8 Å². The van der Waals surface area contributed by atoms with Gasteiger partial charge in [0.15, 0.2) is 0 Å². The van der Waals surface area contributed by atoms with Crippen molar-refractivity contribution in [3.05, 3.63) is 95.3 Å². The highest BCUT2D eigenvalue weighted by Gasteiger charge is 2.51. The van der Waals surface area contributed by atoms with E-state index in [0.29, 0.717) is 12.5 Å². The molecule has 1 fully saturated rings. The molecule has 0 amide bonds. The van der Waals surface area contributed by atoms with Crippen molar-refractivity contribution in [2.75, 3.05) is 0 Å². The SMILES string of the molecule is CC(C)(C)CC[C@@]1(O)CC[C@@]2(Cc3ccccc3)c3ccc(OCc4cccnc4)cc3CC[C@@H]2C1. The minimum absolute atomic E-state index is 0.0742. The summed E-state index contributed by atoms with van der Waals surface area (Å²) in [7, 11) is 0. The van der Waals surface area contributed by atoms with Crippen LogP contribution in [0.15, 0.2) is 73.1 Å². The molecule has 190 valence electrons. The number of fused-ring (bicyclic) bond motifs is 3. The number of rotatable bonds is 7. The van der Waals surface area contributed by atoms with Gasteiger partial charge < -0.3 is 9.84 Å². The fraction of sp³-hybridized carbons (Fsp3) is 0.485. The van der Waals surface area contributed by atoms with Crippen LogP contribution in [0, 0.1) is 11.3 Å². The van der Waals surface area contributed by atoms with E-state index < -0.39 is 5.60 Å². The van der Waals surface area contributed by atoms with Crippen molar-refractivity contribution in [1.82, 2.24) is 4.98 Å². The molecule has 1 N–H and O–H groups in total. The summed E-state index contributed by atoms with van der Waals surface area (Å²) in [6.45, 7) is 7.38. The van der Waals surface area contributed by atoms with E-state index in [9.17, 15) is 5.11 Å². The number of aromatic nitrogens is 1. The maximum Gasteiger partial charge on any atom is 0.120 e. The lowest BCUT2D eigenvalue weighted by atomic mass is 9.52. The zero-order chi connectivity index (χ0) is 25.2. The summed E-state index contributed by atoms with van der Waals surface area (Å²) < 4.78 is 6.16. The van der Waals surface area contributed by atoms with E-state index in [1.807, 2.05) is 18.3 Å². The molecule has 0 radical (unpaired) electrons. The molecule has 5 rings (SSSR count). The van der Waals surface area contributed by atoms with Crippen molar-refractivity contribution in [2.24, 2.45) is 11.3 Å². The quantitative estimate of drug-likeness (QED) is 0.380. The molecule has 0 bridgehead atoms. The highest BCUT2D eigenvalue weighted by molar-refractivity contribution is 5.45. The molecule has 1 aromatic heterocycles. The van der Waals surface area contributed by atoms with Gasteiger partial charge in [0.2, 0.25) is 0 Å². The largest absolute Gasteiger partial charge is 0.489 e. The summed E-state index contributed by atoms with van der Waals surface area (Å²) in [6.07, 6.45) is 11.7. The molecule has 0 spiro atoms. The van der Waals surface area contributed by atoms with Crippen molar-refractivity contribution >= 4 is 0 Å². The van der Waals surface area contributed by atoms with Crippen molar-refractivity contribution in [3.63, 3.8) is 0 Å². The third kappa shape index (κ3) is 5.52. The van der Waals surface area contributed by atoms with Crippen LogP contribution in [0.4, 0.5) is 0 Å². The monoisotopic (exact) mass is 483 g/mol. The lowest BCUT2D eigenvalue weighted by Crippen LogP contribution is -2.51. The standard InChI is InChI=1S/C33H41NO2/c1-31(2,3)15-16-32(35)17-18-33(21-25-8-5-4-6-9-25)28(22-32)12-11-27-20-29(13-14-30(27)33)36-24-26-10-7-19-34-23-26/h4-10,13-14,19-20,23,28,35H,11-12,15-18,21-22,24H2,1-3H3/t28-,32-,33+/m1/s1. The van der Waals surface area contributed by atoms with Crippen LogP contribution >= 0.6 is 0 Å². The molecule has 2 aliphatic carbocycles. The van der Waals surface area contributed by atoms with Gasteiger partial charge in [-0.1, -0.05) is 63.2 Å². The summed E-state index contributed by atoms with van der Waals surface area (Å²) in [4.78, 5) is 4.20. The van der Waals surface area contributed by atoms with Gasteiger partial charge in [0.25, 0.3) is 0 Å². The van der Waals surface area contributed by atoms with Gasteiger partial charge in [0.05, 0.1) is 5.60 Å². The molecule has 0 saturated heterocycles. The van der Waals surface area contributed by atoms with Crippen LogP contribution < -0.4 is 4.74 Å². The van der Waals surface area contributed by atoms with E-state index in [0.717, 1.165) is 62.7 Å². The molecule has 36 heavy (non-hydrogen) atoms. The smallest absolute Gasteiger partial charge is 0.120 e. The van der Waals surface area contributed by atoms with Gasteiger partial charge in [-0.3, -0.25) is 4.98 Å². The van der Waals surface area contributed by atoms with E-state index in [4.69, 9.17) is 4.74 Å². The van der Waals surface area contributed by atoms with E-state index in [-0.39, 0.29) is 10.8 Å². The average molecular weight is 484 g/mol. The second kappa shape index (κ2) is 10.0. The topological polar surface area (TPSA) is 42.4 Å². The molecule has 0 aliphatic heterocycles. The first-order valence-electron chi connectivity index (χ1n) is 13.7. The predicted octanol–water partition coefficient (Wildman–Crippen LogP) is 7.44. The van der Waals surface area contributed by atoms with Gasteiger partial charge >= 0.3 is 0 Å². The van der Waals surface area contributed by atoms with Gasteiger partial charge in [-0.05, 0) is 97.6 Å². The molecule has 3 aromatic rings. The van der Waals surface area contributed by atoms with Crippen molar-refractivity contribution < 1.29 is 9.84 Å². The first-order chi connectivity index (χ1) is 17.2. The van der Waals surface area contributed by atoms with E-state index in [2.05, 4.69) is 74.3 Å². The number of hydrogen-bond acceptors (Lipinski definition) is 3. The molecule has 3 atom stereocenters. The van der Waals surface area contributed by atoms with Crippen molar-refractivity contribution in [1.29, 1.82) is 0 Å². The third-order valence-corrected chi connectivity index (χ3v) is 8.65. The molecule has 2 aliphatic rings. The average Bonchev–Trinajstić information content (AvgIpc) is 2.87. The summed E-state index contributed by atoms with van der Waals surface area (Å²) in [5.74, 6) is 1.43. The second-order valence-electron chi connectivity index (χ2n) is 12.5. The Morgan fingerprint density at radius 2 is 1.81 bits per heavy atom. The Kier molecular flexibility index (Phi) is 6.96. The summed E-state index contributed by atoms with van der Waals surface area (Å²) in [5.41, 5.74) is 5.16. The maximum absolute atomic E-state index is 11.7. The van der Waals surface area contributed by atoms with Crippen LogP contribution in [0.2, 0.25) is 0 Å². The minimum Gasteiger partial charge on any atom is -0.489 e. The zero-order valence-corrected chi connectivity index (χ0v) is 22.2. The molecular weight excluding hydrogens is 442 g/mol.